The summed E-state index contributed by atoms with van der Waals surface area (Å²) >= 11 is 2.17. The van der Waals surface area contributed by atoms with E-state index in [4.69, 9.17) is 4.74 Å². The summed E-state index contributed by atoms with van der Waals surface area (Å²) in [6.07, 6.45) is 0. The van der Waals surface area contributed by atoms with Gasteiger partial charge in [0.2, 0.25) is 0 Å². The number of hydrogen-bond acceptors (Lipinski definition) is 4. The van der Waals surface area contributed by atoms with Gasteiger partial charge in [-0.1, -0.05) is 12.1 Å². The molecule has 0 atom stereocenters. The molecule has 7 heteroatoms. The summed E-state index contributed by atoms with van der Waals surface area (Å²) in [6, 6.07) is 12.0. The maximum atomic E-state index is 11.8. The highest BCUT2D eigenvalue weighted by atomic mass is 127. The molecule has 2 rings (SSSR count). The number of hydrogen-bond donors (Lipinski definition) is 1. The molecule has 0 spiro atoms. The van der Waals surface area contributed by atoms with Crippen LogP contribution in [-0.4, -0.2) is 17.4 Å². The fraction of sp³-hybridized carbons (Fsp3) is 0.133. The number of benzene rings is 2. The van der Waals surface area contributed by atoms with E-state index in [-0.39, 0.29) is 24.0 Å². The zero-order chi connectivity index (χ0) is 16.1. The highest BCUT2D eigenvalue weighted by Gasteiger charge is 2.18. The van der Waals surface area contributed by atoms with Crippen molar-refractivity contribution in [2.75, 3.05) is 11.9 Å². The van der Waals surface area contributed by atoms with Crippen LogP contribution in [0.15, 0.2) is 42.5 Å². The van der Waals surface area contributed by atoms with Crippen molar-refractivity contribution in [2.24, 2.45) is 0 Å². The molecule has 2 aromatic carbocycles. The Hall–Kier alpha value is -2.16. The van der Waals surface area contributed by atoms with Crippen LogP contribution in [-0.2, 0) is 4.79 Å². The first-order valence-electron chi connectivity index (χ1n) is 6.39. The number of aryl methyl sites for hydroxylation is 1. The number of halogens is 1. The SMILES string of the molecule is Cc1cccc(OCC(=O)Nc2ccc(I)cc2)c1[N+](=O)[O-]. The molecule has 22 heavy (non-hydrogen) atoms. The summed E-state index contributed by atoms with van der Waals surface area (Å²) in [6.45, 7) is 1.33. The number of rotatable bonds is 5. The topological polar surface area (TPSA) is 81.5 Å². The fourth-order valence-electron chi connectivity index (χ4n) is 1.86. The predicted octanol–water partition coefficient (Wildman–Crippen LogP) is 3.53. The zero-order valence-corrected chi connectivity index (χ0v) is 13.9. The molecule has 0 aliphatic heterocycles. The van der Waals surface area contributed by atoms with Gasteiger partial charge in [-0.05, 0) is 59.8 Å². The van der Waals surface area contributed by atoms with E-state index in [9.17, 15) is 14.9 Å². The maximum Gasteiger partial charge on any atom is 0.313 e. The van der Waals surface area contributed by atoms with E-state index >= 15 is 0 Å². The highest BCUT2D eigenvalue weighted by Crippen LogP contribution is 2.30. The Morgan fingerprint density at radius 2 is 1.95 bits per heavy atom. The number of nitro benzene ring substituents is 1. The molecule has 1 N–H and O–H groups in total. The Kier molecular flexibility index (Phi) is 5.31. The van der Waals surface area contributed by atoms with E-state index in [0.29, 0.717) is 11.3 Å². The summed E-state index contributed by atoms with van der Waals surface area (Å²) in [4.78, 5) is 22.4. The Balaban J connectivity index is 2.01. The minimum absolute atomic E-state index is 0.0859. The van der Waals surface area contributed by atoms with Gasteiger partial charge in [0, 0.05) is 14.8 Å². The van der Waals surface area contributed by atoms with E-state index in [1.54, 1.807) is 31.2 Å². The summed E-state index contributed by atoms with van der Waals surface area (Å²) in [5.74, 6) is -0.292. The van der Waals surface area contributed by atoms with Gasteiger partial charge in [0.1, 0.15) is 0 Å². The molecule has 2 aromatic rings. The lowest BCUT2D eigenvalue weighted by atomic mass is 10.2. The van der Waals surface area contributed by atoms with Gasteiger partial charge >= 0.3 is 5.69 Å². The number of nitrogens with zero attached hydrogens (tertiary/aromatic N) is 1. The van der Waals surface area contributed by atoms with Crippen molar-refractivity contribution in [1.82, 2.24) is 0 Å². The molecule has 1 amide bonds. The summed E-state index contributed by atoms with van der Waals surface area (Å²) in [7, 11) is 0. The Labute approximate surface area is 140 Å². The first kappa shape index (κ1) is 16.2. The summed E-state index contributed by atoms with van der Waals surface area (Å²) in [5, 5.41) is 13.7. The molecule has 0 heterocycles. The molecule has 6 nitrogen and oxygen atoms in total. The van der Waals surface area contributed by atoms with Crippen molar-refractivity contribution >= 4 is 39.9 Å². The predicted molar refractivity (Wildman–Crippen MR) is 91.1 cm³/mol. The monoisotopic (exact) mass is 412 g/mol. The molecule has 114 valence electrons. The van der Waals surface area contributed by atoms with Crippen LogP contribution in [0.3, 0.4) is 0 Å². The molecule has 0 unspecified atom stereocenters. The Morgan fingerprint density at radius 3 is 2.59 bits per heavy atom. The van der Waals surface area contributed by atoms with Gasteiger partial charge in [-0.2, -0.15) is 0 Å². The van der Waals surface area contributed by atoms with Crippen molar-refractivity contribution < 1.29 is 14.5 Å². The Bertz CT molecular complexity index is 701. The van der Waals surface area contributed by atoms with Gasteiger partial charge in [0.15, 0.2) is 12.4 Å². The third-order valence-corrected chi connectivity index (χ3v) is 3.59. The molecule has 0 radical (unpaired) electrons. The number of anilines is 1. The molecule has 0 aliphatic rings. The van der Waals surface area contributed by atoms with Crippen LogP contribution in [0, 0.1) is 20.6 Å². The molecule has 0 saturated heterocycles. The average molecular weight is 412 g/mol. The van der Waals surface area contributed by atoms with Gasteiger partial charge in [-0.15, -0.1) is 0 Å². The van der Waals surface area contributed by atoms with E-state index in [1.165, 1.54) is 6.07 Å². The quantitative estimate of drug-likeness (QED) is 0.463. The van der Waals surface area contributed by atoms with Gasteiger partial charge in [-0.3, -0.25) is 14.9 Å². The van der Waals surface area contributed by atoms with Gasteiger partial charge < -0.3 is 10.1 Å². The normalized spacial score (nSPS) is 10.1. The van der Waals surface area contributed by atoms with Crippen LogP contribution in [0.1, 0.15) is 5.56 Å². The van der Waals surface area contributed by atoms with Gasteiger partial charge in [0.05, 0.1) is 4.92 Å². The van der Waals surface area contributed by atoms with E-state index < -0.39 is 4.92 Å². The van der Waals surface area contributed by atoms with Crippen molar-refractivity contribution in [1.29, 1.82) is 0 Å². The maximum absolute atomic E-state index is 11.8. The van der Waals surface area contributed by atoms with Crippen molar-refractivity contribution in [3.8, 4) is 5.75 Å². The number of ether oxygens (including phenoxy) is 1. The smallest absolute Gasteiger partial charge is 0.313 e. The van der Waals surface area contributed by atoms with E-state index in [2.05, 4.69) is 27.9 Å². The highest BCUT2D eigenvalue weighted by molar-refractivity contribution is 14.1. The number of nitrogens with one attached hydrogen (secondary N) is 1. The molecular weight excluding hydrogens is 399 g/mol. The lowest BCUT2D eigenvalue weighted by molar-refractivity contribution is -0.386. The number of nitro groups is 1. The molecule has 0 aromatic heterocycles. The van der Waals surface area contributed by atoms with Gasteiger partial charge in [0.25, 0.3) is 5.91 Å². The number of para-hydroxylation sites is 1. The number of carbonyl (C=O) groups excluding carboxylic acids is 1. The fourth-order valence-corrected chi connectivity index (χ4v) is 2.22. The zero-order valence-electron chi connectivity index (χ0n) is 11.7. The number of carbonyl (C=O) groups is 1. The first-order chi connectivity index (χ1) is 10.5. The van der Waals surface area contributed by atoms with Crippen LogP contribution in [0.25, 0.3) is 0 Å². The van der Waals surface area contributed by atoms with Crippen LogP contribution in [0.5, 0.6) is 5.75 Å². The third kappa shape index (κ3) is 4.17. The van der Waals surface area contributed by atoms with Crippen molar-refractivity contribution in [3.63, 3.8) is 0 Å². The average Bonchev–Trinajstić information content (AvgIpc) is 2.47. The van der Waals surface area contributed by atoms with Gasteiger partial charge in [-0.25, -0.2) is 0 Å². The summed E-state index contributed by atoms with van der Waals surface area (Å²) in [5.41, 5.74) is 1.01. The molecule has 0 bridgehead atoms. The lowest BCUT2D eigenvalue weighted by Gasteiger charge is -2.09. The molecule has 0 aliphatic carbocycles. The van der Waals surface area contributed by atoms with Crippen LogP contribution >= 0.6 is 22.6 Å². The lowest BCUT2D eigenvalue weighted by Crippen LogP contribution is -2.20. The second-order valence-corrected chi connectivity index (χ2v) is 5.77. The summed E-state index contributed by atoms with van der Waals surface area (Å²) < 4.78 is 6.34. The van der Waals surface area contributed by atoms with Crippen molar-refractivity contribution in [2.45, 2.75) is 6.92 Å². The number of amides is 1. The third-order valence-electron chi connectivity index (χ3n) is 2.87. The minimum Gasteiger partial charge on any atom is -0.477 e. The minimum atomic E-state index is -0.512. The van der Waals surface area contributed by atoms with E-state index in [1.807, 2.05) is 12.1 Å². The molecule has 0 saturated carbocycles. The van der Waals surface area contributed by atoms with Crippen molar-refractivity contribution in [3.05, 3.63) is 61.7 Å². The molecule has 0 fully saturated rings. The standard InChI is InChI=1S/C15H13IN2O4/c1-10-3-2-4-13(15(10)18(20)21)22-9-14(19)17-12-7-5-11(16)6-8-12/h2-8H,9H2,1H3,(H,17,19). The Morgan fingerprint density at radius 1 is 1.27 bits per heavy atom. The van der Waals surface area contributed by atoms with Crippen LogP contribution < -0.4 is 10.1 Å². The van der Waals surface area contributed by atoms with Crippen LogP contribution in [0.4, 0.5) is 11.4 Å². The second-order valence-electron chi connectivity index (χ2n) is 4.52. The van der Waals surface area contributed by atoms with Crippen LogP contribution in [0.2, 0.25) is 0 Å². The molecular formula is C15H13IN2O4. The van der Waals surface area contributed by atoms with E-state index in [0.717, 1.165) is 3.57 Å². The largest absolute Gasteiger partial charge is 0.477 e. The first-order valence-corrected chi connectivity index (χ1v) is 7.47. The second kappa shape index (κ2) is 7.21.